The molecule has 0 bridgehead atoms. The fraction of sp³-hybridized carbons (Fsp3) is 0.727. The molecule has 0 aromatic rings. The third-order valence-electron chi connectivity index (χ3n) is 4.65. The first kappa shape index (κ1) is 22.8. The Morgan fingerprint density at radius 1 is 0.931 bits per heavy atom. The summed E-state index contributed by atoms with van der Waals surface area (Å²) in [4.78, 5) is 40.9. The molecule has 0 radical (unpaired) electrons. The SMILES string of the molecule is [N-]=[N+]=NC1(O)C(O)(O)C(O)(O)C(O)(C(=O)O)C(O)(ON2C(=O)CCC2=O)C1(O)O. The van der Waals surface area contributed by atoms with Crippen molar-refractivity contribution in [1.82, 2.24) is 5.06 Å². The Bertz CT molecular complexity index is 819. The molecule has 1 saturated carbocycles. The lowest BCUT2D eigenvalue weighted by molar-refractivity contribution is -0.587. The number of hydrogen-bond acceptors (Lipinski definition) is 14. The van der Waals surface area contributed by atoms with Gasteiger partial charge in [0.25, 0.3) is 46.3 Å². The highest BCUT2D eigenvalue weighted by Gasteiger charge is 2.94. The Hall–Kier alpha value is -2.48. The summed E-state index contributed by atoms with van der Waals surface area (Å²) in [6, 6.07) is 0. The van der Waals surface area contributed by atoms with Crippen LogP contribution in [0.4, 0.5) is 0 Å². The average Bonchev–Trinajstić information content (AvgIpc) is 2.90. The van der Waals surface area contributed by atoms with Crippen molar-refractivity contribution < 1.29 is 70.3 Å². The maximum atomic E-state index is 11.7. The number of carbonyl (C=O) groups is 3. The maximum Gasteiger partial charge on any atom is 0.347 e. The van der Waals surface area contributed by atoms with Crippen molar-refractivity contribution in [2.45, 2.75) is 47.3 Å². The predicted octanol–water partition coefficient (Wildman–Crippen LogP) is -6.37. The number of hydrogen-bond donors (Lipinski definition) is 10. The van der Waals surface area contributed by atoms with E-state index in [-0.39, 0.29) is 0 Å². The van der Waals surface area contributed by atoms with Crippen LogP contribution < -0.4 is 0 Å². The minimum absolute atomic E-state index is 0.524. The highest BCUT2D eigenvalue weighted by Crippen LogP contribution is 2.57. The number of azide groups is 1. The third-order valence-corrected chi connectivity index (χ3v) is 4.65. The number of carboxylic acid groups (broad SMARTS) is 1. The van der Waals surface area contributed by atoms with Gasteiger partial charge in [0.05, 0.1) is 0 Å². The molecule has 2 aliphatic rings. The number of aliphatic carboxylic acids is 1. The van der Waals surface area contributed by atoms with Crippen LogP contribution in [0.5, 0.6) is 0 Å². The molecule has 1 saturated heterocycles. The van der Waals surface area contributed by atoms with Crippen LogP contribution in [0.3, 0.4) is 0 Å². The summed E-state index contributed by atoms with van der Waals surface area (Å²) in [6.07, 6.45) is -1.25. The van der Waals surface area contributed by atoms with Crippen molar-refractivity contribution in [3.8, 4) is 0 Å². The van der Waals surface area contributed by atoms with Gasteiger partial charge in [0, 0.05) is 17.8 Å². The lowest BCUT2D eigenvalue weighted by Crippen LogP contribution is -2.97. The van der Waals surface area contributed by atoms with Gasteiger partial charge < -0.3 is 51.1 Å². The van der Waals surface area contributed by atoms with Gasteiger partial charge in [-0.05, 0) is 10.6 Å². The van der Waals surface area contributed by atoms with Crippen molar-refractivity contribution in [3.63, 3.8) is 0 Å². The van der Waals surface area contributed by atoms with Crippen LogP contribution >= 0.6 is 0 Å². The first-order valence-corrected chi connectivity index (χ1v) is 7.26. The minimum Gasteiger partial charge on any atom is -0.479 e. The number of amides is 2. The van der Waals surface area contributed by atoms with Gasteiger partial charge >= 0.3 is 5.97 Å². The molecule has 0 aromatic carbocycles. The van der Waals surface area contributed by atoms with Crippen LogP contribution in [-0.4, -0.2) is 108 Å². The van der Waals surface area contributed by atoms with E-state index in [1.54, 1.807) is 4.91 Å². The van der Waals surface area contributed by atoms with Gasteiger partial charge in [-0.3, -0.25) is 9.59 Å². The van der Waals surface area contributed by atoms with Crippen LogP contribution in [0.25, 0.3) is 10.4 Å². The zero-order chi connectivity index (χ0) is 22.8. The number of carboxylic acids is 1. The van der Waals surface area contributed by atoms with Crippen LogP contribution in [0.15, 0.2) is 5.11 Å². The molecule has 1 heterocycles. The second kappa shape index (κ2) is 6.01. The summed E-state index contributed by atoms with van der Waals surface area (Å²) >= 11 is 0. The van der Waals surface area contributed by atoms with Crippen molar-refractivity contribution >= 4 is 17.8 Å². The minimum atomic E-state index is -5.13. The van der Waals surface area contributed by atoms with E-state index in [2.05, 4.69) is 9.95 Å². The number of imide groups is 1. The fourth-order valence-corrected chi connectivity index (χ4v) is 2.88. The smallest absolute Gasteiger partial charge is 0.347 e. The number of aliphatic hydroxyl groups is 9. The molecular formula is C11H14N4O14. The molecule has 3 unspecified atom stereocenters. The third kappa shape index (κ3) is 2.23. The monoisotopic (exact) mass is 426 g/mol. The molecule has 18 nitrogen and oxygen atoms in total. The number of rotatable bonds is 4. The molecule has 3 atom stereocenters. The van der Waals surface area contributed by atoms with E-state index in [9.17, 15) is 65.4 Å². The van der Waals surface area contributed by atoms with E-state index in [0.29, 0.717) is 0 Å². The number of carbonyl (C=O) groups excluding carboxylic acids is 2. The highest BCUT2D eigenvalue weighted by molar-refractivity contribution is 6.00. The van der Waals surface area contributed by atoms with E-state index in [1.165, 1.54) is 0 Å². The largest absolute Gasteiger partial charge is 0.479 e. The normalized spacial score (nSPS) is 37.9. The van der Waals surface area contributed by atoms with Crippen LogP contribution in [0.1, 0.15) is 12.8 Å². The lowest BCUT2D eigenvalue weighted by atomic mass is 9.63. The Morgan fingerprint density at radius 2 is 1.38 bits per heavy atom. The Labute approximate surface area is 157 Å². The van der Waals surface area contributed by atoms with Gasteiger partial charge in [0.15, 0.2) is 0 Å². The quantitative estimate of drug-likeness (QED) is 0.0657. The van der Waals surface area contributed by atoms with Gasteiger partial charge in [-0.15, -0.1) is 5.06 Å². The van der Waals surface area contributed by atoms with E-state index in [1.807, 2.05) is 0 Å². The second-order valence-electron chi connectivity index (χ2n) is 6.21. The highest BCUT2D eigenvalue weighted by atomic mass is 16.8. The van der Waals surface area contributed by atoms with Crippen molar-refractivity contribution in [3.05, 3.63) is 10.4 Å². The second-order valence-corrected chi connectivity index (χ2v) is 6.21. The first-order valence-electron chi connectivity index (χ1n) is 7.26. The zero-order valence-electron chi connectivity index (χ0n) is 13.8. The summed E-state index contributed by atoms with van der Waals surface area (Å²) in [5.41, 5.74) is -1.39. The van der Waals surface area contributed by atoms with Crippen LogP contribution in [0.2, 0.25) is 0 Å². The molecule has 29 heavy (non-hydrogen) atoms. The van der Waals surface area contributed by atoms with E-state index in [0.717, 1.165) is 0 Å². The van der Waals surface area contributed by atoms with Crippen LogP contribution in [0, 0.1) is 0 Å². The van der Waals surface area contributed by atoms with E-state index >= 15 is 0 Å². The molecule has 18 heteroatoms. The Morgan fingerprint density at radius 3 is 1.76 bits per heavy atom. The molecular weight excluding hydrogens is 412 g/mol. The molecule has 2 rings (SSSR count). The lowest BCUT2D eigenvalue weighted by Gasteiger charge is -2.62. The zero-order valence-corrected chi connectivity index (χ0v) is 13.8. The number of nitrogens with zero attached hydrogens (tertiary/aromatic N) is 4. The van der Waals surface area contributed by atoms with Gasteiger partial charge in [-0.25, -0.2) is 9.63 Å². The summed E-state index contributed by atoms with van der Waals surface area (Å²) in [7, 11) is 0. The molecule has 1 aliphatic heterocycles. The average molecular weight is 426 g/mol. The van der Waals surface area contributed by atoms with Gasteiger partial charge in [-0.1, -0.05) is 0 Å². The predicted molar refractivity (Wildman–Crippen MR) is 75.3 cm³/mol. The van der Waals surface area contributed by atoms with Crippen molar-refractivity contribution in [2.75, 3.05) is 0 Å². The first-order chi connectivity index (χ1) is 12.9. The van der Waals surface area contributed by atoms with E-state index < -0.39 is 70.2 Å². The summed E-state index contributed by atoms with van der Waals surface area (Å²) in [5, 5.41) is 102. The van der Waals surface area contributed by atoms with Gasteiger partial charge in [0.2, 0.25) is 0 Å². The van der Waals surface area contributed by atoms with Crippen LogP contribution in [-0.2, 0) is 19.2 Å². The number of hydroxylamine groups is 2. The topological polar surface area (TPSA) is 315 Å². The molecule has 0 aromatic heterocycles. The summed E-state index contributed by atoms with van der Waals surface area (Å²) in [5.74, 6) is -26.0. The Balaban J connectivity index is 2.93. The van der Waals surface area contributed by atoms with Crippen molar-refractivity contribution in [1.29, 1.82) is 0 Å². The molecule has 2 amide bonds. The molecule has 1 aliphatic carbocycles. The standard InChI is InChI=1S/C11H14N4O14/c12-14-13-7(21)9(24,25)8(22,23)6(20,5(18)19)11(28,10(7,26)27)29-15-3(16)1-2-4(15)17/h20-28H,1-2H2,(H,18,19). The summed E-state index contributed by atoms with van der Waals surface area (Å²) < 4.78 is 0. The fourth-order valence-electron chi connectivity index (χ4n) is 2.88. The van der Waals surface area contributed by atoms with E-state index in [4.69, 9.17) is 5.53 Å². The molecule has 10 N–H and O–H groups in total. The molecule has 0 spiro atoms. The van der Waals surface area contributed by atoms with Gasteiger partial charge in [0.1, 0.15) is 0 Å². The maximum absolute atomic E-state index is 11.7. The molecule has 162 valence electrons. The summed E-state index contributed by atoms with van der Waals surface area (Å²) in [6.45, 7) is 0. The van der Waals surface area contributed by atoms with Crippen molar-refractivity contribution in [2.24, 2.45) is 5.11 Å². The Kier molecular flexibility index (Phi) is 4.73. The van der Waals surface area contributed by atoms with Gasteiger partial charge in [-0.2, -0.15) is 0 Å². The molecule has 2 fully saturated rings.